The minimum Gasteiger partial charge on any atom is -0.480 e. The Labute approximate surface area is 118 Å². The number of hydrogen-bond donors (Lipinski definition) is 1. The first-order chi connectivity index (χ1) is 8.75. The van der Waals surface area contributed by atoms with E-state index in [1.807, 2.05) is 6.07 Å². The third-order valence-corrected chi connectivity index (χ3v) is 4.34. The summed E-state index contributed by atoms with van der Waals surface area (Å²) in [6.07, 6.45) is 7.13. The molecule has 1 aromatic rings. The van der Waals surface area contributed by atoms with E-state index in [-0.39, 0.29) is 18.4 Å². The summed E-state index contributed by atoms with van der Waals surface area (Å²) in [6, 6.07) is 1.86. The van der Waals surface area contributed by atoms with Gasteiger partial charge in [0.05, 0.1) is 12.7 Å². The molecule has 2 aliphatic rings. The second-order valence-corrected chi connectivity index (χ2v) is 5.35. The van der Waals surface area contributed by atoms with Gasteiger partial charge in [-0.2, -0.15) is 0 Å². The zero-order chi connectivity index (χ0) is 12.5. The number of fused-ring (bicyclic) bond motifs is 1. The van der Waals surface area contributed by atoms with Gasteiger partial charge < -0.3 is 9.63 Å². The lowest BCUT2D eigenvalue weighted by atomic mass is 9.85. The molecule has 3 rings (SSSR count). The van der Waals surface area contributed by atoms with Crippen LogP contribution in [0, 0.1) is 5.92 Å². The lowest BCUT2D eigenvalue weighted by Crippen LogP contribution is -2.41. The highest BCUT2D eigenvalue weighted by Gasteiger charge is 2.45. The van der Waals surface area contributed by atoms with Crippen LogP contribution in [0.1, 0.15) is 37.9 Å². The normalized spacial score (nSPS) is 30.6. The molecule has 2 heterocycles. The van der Waals surface area contributed by atoms with Crippen LogP contribution in [0.5, 0.6) is 0 Å². The average Bonchev–Trinajstić information content (AvgIpc) is 2.98. The summed E-state index contributed by atoms with van der Waals surface area (Å²) in [5, 5.41) is 13.1. The highest BCUT2D eigenvalue weighted by atomic mass is 35.5. The van der Waals surface area contributed by atoms with Crippen molar-refractivity contribution < 1.29 is 14.4 Å². The molecule has 106 valence electrons. The van der Waals surface area contributed by atoms with E-state index in [0.29, 0.717) is 18.5 Å². The van der Waals surface area contributed by atoms with Crippen LogP contribution in [0.4, 0.5) is 0 Å². The molecular weight excluding hydrogens is 268 g/mol. The summed E-state index contributed by atoms with van der Waals surface area (Å²) >= 11 is 0. The molecule has 0 spiro atoms. The van der Waals surface area contributed by atoms with Crippen LogP contribution in [0.3, 0.4) is 0 Å². The number of carboxylic acids is 1. The van der Waals surface area contributed by atoms with Crippen LogP contribution in [-0.4, -0.2) is 33.2 Å². The Morgan fingerprint density at radius 1 is 1.47 bits per heavy atom. The van der Waals surface area contributed by atoms with Crippen LogP contribution in [0.25, 0.3) is 0 Å². The van der Waals surface area contributed by atoms with Gasteiger partial charge in [0, 0.05) is 12.1 Å². The number of carboxylic acid groups (broad SMARTS) is 1. The van der Waals surface area contributed by atoms with Crippen molar-refractivity contribution in [3.8, 4) is 0 Å². The Morgan fingerprint density at radius 3 is 2.95 bits per heavy atom. The topological polar surface area (TPSA) is 66.6 Å². The second-order valence-electron chi connectivity index (χ2n) is 5.35. The molecule has 1 aromatic heterocycles. The minimum absolute atomic E-state index is 0. The Bertz CT molecular complexity index is 424. The zero-order valence-electron chi connectivity index (χ0n) is 10.7. The van der Waals surface area contributed by atoms with Gasteiger partial charge in [0.2, 0.25) is 0 Å². The maximum absolute atomic E-state index is 11.4. The first-order valence-electron chi connectivity index (χ1n) is 6.64. The Kier molecular flexibility index (Phi) is 4.47. The van der Waals surface area contributed by atoms with Gasteiger partial charge in [0.15, 0.2) is 5.76 Å². The molecule has 5 nitrogen and oxygen atoms in total. The smallest absolute Gasteiger partial charge is 0.320 e. The summed E-state index contributed by atoms with van der Waals surface area (Å²) in [7, 11) is 0. The number of rotatable bonds is 3. The third kappa shape index (κ3) is 2.77. The van der Waals surface area contributed by atoms with Crippen molar-refractivity contribution in [1.82, 2.24) is 10.1 Å². The fourth-order valence-corrected chi connectivity index (χ4v) is 3.53. The predicted molar refractivity (Wildman–Crippen MR) is 71.1 cm³/mol. The van der Waals surface area contributed by atoms with Crippen molar-refractivity contribution >= 4 is 18.4 Å². The molecule has 1 saturated heterocycles. The molecule has 1 N–H and O–H groups in total. The van der Waals surface area contributed by atoms with Crippen LogP contribution in [0.2, 0.25) is 0 Å². The molecule has 2 fully saturated rings. The van der Waals surface area contributed by atoms with Gasteiger partial charge >= 0.3 is 5.97 Å². The highest BCUT2D eigenvalue weighted by Crippen LogP contribution is 2.40. The van der Waals surface area contributed by atoms with Crippen molar-refractivity contribution in [1.29, 1.82) is 0 Å². The highest BCUT2D eigenvalue weighted by molar-refractivity contribution is 5.85. The molecule has 19 heavy (non-hydrogen) atoms. The van der Waals surface area contributed by atoms with E-state index >= 15 is 0 Å². The van der Waals surface area contributed by atoms with E-state index in [4.69, 9.17) is 4.52 Å². The monoisotopic (exact) mass is 286 g/mol. The Hall–Kier alpha value is -1.07. The van der Waals surface area contributed by atoms with E-state index in [2.05, 4.69) is 10.1 Å². The van der Waals surface area contributed by atoms with Crippen LogP contribution in [-0.2, 0) is 11.3 Å². The molecule has 1 saturated carbocycles. The van der Waals surface area contributed by atoms with Gasteiger partial charge in [0.1, 0.15) is 6.04 Å². The van der Waals surface area contributed by atoms with Gasteiger partial charge in [-0.3, -0.25) is 9.69 Å². The third-order valence-electron chi connectivity index (χ3n) is 4.34. The molecule has 6 heteroatoms. The zero-order valence-corrected chi connectivity index (χ0v) is 11.5. The van der Waals surface area contributed by atoms with Gasteiger partial charge in [0.25, 0.3) is 0 Å². The number of aromatic nitrogens is 1. The van der Waals surface area contributed by atoms with Crippen molar-refractivity contribution in [2.45, 2.75) is 50.7 Å². The Morgan fingerprint density at radius 2 is 2.26 bits per heavy atom. The lowest BCUT2D eigenvalue weighted by molar-refractivity contribution is -0.143. The summed E-state index contributed by atoms with van der Waals surface area (Å²) in [5.41, 5.74) is 0. The average molecular weight is 287 g/mol. The van der Waals surface area contributed by atoms with E-state index in [9.17, 15) is 9.90 Å². The van der Waals surface area contributed by atoms with Crippen molar-refractivity contribution in [3.05, 3.63) is 18.0 Å². The minimum atomic E-state index is -0.705. The first kappa shape index (κ1) is 14.3. The summed E-state index contributed by atoms with van der Waals surface area (Å²) in [5.74, 6) is 0.596. The first-order valence-corrected chi connectivity index (χ1v) is 6.64. The largest absolute Gasteiger partial charge is 0.480 e. The second kappa shape index (κ2) is 5.92. The van der Waals surface area contributed by atoms with Crippen molar-refractivity contribution in [2.24, 2.45) is 5.92 Å². The quantitative estimate of drug-likeness (QED) is 0.923. The van der Waals surface area contributed by atoms with E-state index in [1.165, 1.54) is 19.3 Å². The molecule has 1 aliphatic carbocycles. The molecule has 1 aliphatic heterocycles. The van der Waals surface area contributed by atoms with Crippen molar-refractivity contribution in [3.63, 3.8) is 0 Å². The van der Waals surface area contributed by atoms with E-state index in [1.54, 1.807) is 6.20 Å². The molecule has 0 radical (unpaired) electrons. The summed E-state index contributed by atoms with van der Waals surface area (Å²) in [6.45, 7) is 0.568. The Balaban J connectivity index is 0.00000133. The summed E-state index contributed by atoms with van der Waals surface area (Å²) in [4.78, 5) is 13.5. The lowest BCUT2D eigenvalue weighted by Gasteiger charge is -2.32. The maximum Gasteiger partial charge on any atom is 0.320 e. The molecule has 0 amide bonds. The number of carbonyl (C=O) groups is 1. The molecule has 0 bridgehead atoms. The number of likely N-dealkylation sites (tertiary alicyclic amines) is 1. The van der Waals surface area contributed by atoms with Gasteiger partial charge in [-0.1, -0.05) is 18.0 Å². The molecule has 3 atom stereocenters. The number of aliphatic carboxylic acids is 1. The fraction of sp³-hybridized carbons (Fsp3) is 0.692. The molecule has 3 unspecified atom stereocenters. The van der Waals surface area contributed by atoms with Crippen molar-refractivity contribution in [2.75, 3.05) is 0 Å². The van der Waals surface area contributed by atoms with Gasteiger partial charge in [-0.05, 0) is 25.2 Å². The van der Waals surface area contributed by atoms with Crippen LogP contribution >= 0.6 is 12.4 Å². The van der Waals surface area contributed by atoms with E-state index < -0.39 is 5.97 Å². The standard InChI is InChI=1S/C13H18N2O3.ClH/c16-13(17)12-7-9-3-1-2-4-11(9)15(12)8-10-5-6-14-18-10;/h5-6,9,11-12H,1-4,7-8H2,(H,16,17);1H. The summed E-state index contributed by atoms with van der Waals surface area (Å²) < 4.78 is 5.12. The van der Waals surface area contributed by atoms with Gasteiger partial charge in [-0.25, -0.2) is 0 Å². The number of nitrogens with zero attached hydrogens (tertiary/aromatic N) is 2. The maximum atomic E-state index is 11.4. The molecule has 0 aromatic carbocycles. The fourth-order valence-electron chi connectivity index (χ4n) is 3.53. The number of halogens is 1. The number of hydrogen-bond acceptors (Lipinski definition) is 4. The predicted octanol–water partition coefficient (Wildman–Crippen LogP) is 2.31. The molecular formula is C13H19ClN2O3. The van der Waals surface area contributed by atoms with Crippen LogP contribution in [0.15, 0.2) is 16.8 Å². The van der Waals surface area contributed by atoms with Gasteiger partial charge in [-0.15, -0.1) is 12.4 Å². The van der Waals surface area contributed by atoms with E-state index in [0.717, 1.165) is 18.6 Å². The SMILES string of the molecule is Cl.O=C(O)C1CC2CCCCC2N1Cc1ccno1. The van der Waals surface area contributed by atoms with Crippen LogP contribution < -0.4 is 0 Å².